The molecule has 2 N–H and O–H groups in total. The fourth-order valence-electron chi connectivity index (χ4n) is 2.44. The average Bonchev–Trinajstić information content (AvgIpc) is 3.27. The van der Waals surface area contributed by atoms with Crippen molar-refractivity contribution in [2.24, 2.45) is 0 Å². The van der Waals surface area contributed by atoms with Crippen molar-refractivity contribution in [2.45, 2.75) is 6.61 Å². The van der Waals surface area contributed by atoms with E-state index in [1.54, 1.807) is 54.0 Å². The van der Waals surface area contributed by atoms with Gasteiger partial charge in [0.25, 0.3) is 5.91 Å². The summed E-state index contributed by atoms with van der Waals surface area (Å²) in [5, 5.41) is 7.31. The molecule has 8 nitrogen and oxygen atoms in total. The standard InChI is InChI=1S/C21H21N3O5S/c1-27-8-9-28-21(26)24-17-6-3-5-16(11-17)23-20(25)15-4-2-7-19(10-15)29-12-18-13-30-14-22-18/h2-7,10-11,13-14H,8-9,12H2,1H3,(H,23,25)(H,24,26). The largest absolute Gasteiger partial charge is 0.487 e. The van der Waals surface area contributed by atoms with Gasteiger partial charge in [0.1, 0.15) is 19.0 Å². The van der Waals surface area contributed by atoms with Crippen LogP contribution in [0.15, 0.2) is 59.4 Å². The smallest absolute Gasteiger partial charge is 0.411 e. The number of rotatable bonds is 9. The highest BCUT2D eigenvalue weighted by molar-refractivity contribution is 7.07. The summed E-state index contributed by atoms with van der Waals surface area (Å²) < 4.78 is 15.5. The van der Waals surface area contributed by atoms with Crippen molar-refractivity contribution in [3.63, 3.8) is 0 Å². The van der Waals surface area contributed by atoms with Gasteiger partial charge >= 0.3 is 6.09 Å². The zero-order valence-electron chi connectivity index (χ0n) is 16.3. The van der Waals surface area contributed by atoms with Crippen molar-refractivity contribution in [2.75, 3.05) is 31.0 Å². The second-order valence-electron chi connectivity index (χ2n) is 6.08. The lowest BCUT2D eigenvalue weighted by atomic mass is 10.2. The van der Waals surface area contributed by atoms with Gasteiger partial charge in [-0.1, -0.05) is 12.1 Å². The van der Waals surface area contributed by atoms with Gasteiger partial charge < -0.3 is 19.5 Å². The Kier molecular flexibility index (Phi) is 7.76. The van der Waals surface area contributed by atoms with Crippen LogP contribution in [0.25, 0.3) is 0 Å². The van der Waals surface area contributed by atoms with E-state index in [-0.39, 0.29) is 12.5 Å². The van der Waals surface area contributed by atoms with Crippen LogP contribution in [0.2, 0.25) is 0 Å². The first-order valence-electron chi connectivity index (χ1n) is 9.08. The number of thiazole rings is 1. The molecule has 0 aliphatic rings. The molecule has 0 saturated carbocycles. The van der Waals surface area contributed by atoms with Gasteiger partial charge in [-0.25, -0.2) is 9.78 Å². The topological polar surface area (TPSA) is 98.8 Å². The predicted octanol–water partition coefficient (Wildman–Crippen LogP) is 4.17. The third-order valence-electron chi connectivity index (χ3n) is 3.85. The maximum Gasteiger partial charge on any atom is 0.411 e. The van der Waals surface area contributed by atoms with Crippen molar-refractivity contribution in [3.8, 4) is 5.75 Å². The average molecular weight is 427 g/mol. The Balaban J connectivity index is 1.57. The molecule has 0 radical (unpaired) electrons. The second-order valence-corrected chi connectivity index (χ2v) is 6.80. The van der Waals surface area contributed by atoms with Crippen LogP contribution in [-0.4, -0.2) is 37.3 Å². The molecule has 0 fully saturated rings. The molecule has 156 valence electrons. The Morgan fingerprint density at radius 3 is 2.60 bits per heavy atom. The molecule has 1 heterocycles. The number of aromatic nitrogens is 1. The summed E-state index contributed by atoms with van der Waals surface area (Å²) in [5.41, 5.74) is 4.05. The van der Waals surface area contributed by atoms with E-state index in [9.17, 15) is 9.59 Å². The molecule has 0 aliphatic heterocycles. The van der Waals surface area contributed by atoms with Gasteiger partial charge in [-0.2, -0.15) is 0 Å². The van der Waals surface area contributed by atoms with Crippen LogP contribution >= 0.6 is 11.3 Å². The van der Waals surface area contributed by atoms with Crippen molar-refractivity contribution < 1.29 is 23.8 Å². The van der Waals surface area contributed by atoms with E-state index in [1.165, 1.54) is 18.4 Å². The molecule has 30 heavy (non-hydrogen) atoms. The van der Waals surface area contributed by atoms with Gasteiger partial charge in [-0.3, -0.25) is 10.1 Å². The Morgan fingerprint density at radius 1 is 1.03 bits per heavy atom. The zero-order valence-corrected chi connectivity index (χ0v) is 17.1. The molecule has 9 heteroatoms. The summed E-state index contributed by atoms with van der Waals surface area (Å²) in [6, 6.07) is 13.7. The summed E-state index contributed by atoms with van der Waals surface area (Å²) in [5.74, 6) is 0.277. The van der Waals surface area contributed by atoms with Crippen molar-refractivity contribution in [1.29, 1.82) is 0 Å². The number of nitrogens with zero attached hydrogens (tertiary/aromatic N) is 1. The Bertz CT molecular complexity index is 978. The van der Waals surface area contributed by atoms with Crippen LogP contribution in [0.3, 0.4) is 0 Å². The SMILES string of the molecule is COCCOC(=O)Nc1cccc(NC(=O)c2cccc(OCc3cscn3)c2)c1. The van der Waals surface area contributed by atoms with Gasteiger partial charge in [-0.05, 0) is 36.4 Å². The van der Waals surface area contributed by atoms with Crippen molar-refractivity contribution in [1.82, 2.24) is 4.98 Å². The minimum Gasteiger partial charge on any atom is -0.487 e. The number of hydrogen-bond donors (Lipinski definition) is 2. The minimum atomic E-state index is -0.597. The Morgan fingerprint density at radius 2 is 1.83 bits per heavy atom. The van der Waals surface area contributed by atoms with Crippen LogP contribution in [0, 0.1) is 0 Å². The lowest BCUT2D eigenvalue weighted by Gasteiger charge is -2.10. The Labute approximate surface area is 177 Å². The molecule has 2 amide bonds. The van der Waals surface area contributed by atoms with Crippen LogP contribution in [0.1, 0.15) is 16.1 Å². The molecule has 0 saturated heterocycles. The summed E-state index contributed by atoms with van der Waals surface area (Å²) in [6.45, 7) is 0.804. The summed E-state index contributed by atoms with van der Waals surface area (Å²) >= 11 is 1.50. The number of carbonyl (C=O) groups is 2. The summed E-state index contributed by atoms with van der Waals surface area (Å²) in [7, 11) is 1.52. The summed E-state index contributed by atoms with van der Waals surface area (Å²) in [6.07, 6.45) is -0.597. The van der Waals surface area contributed by atoms with Crippen molar-refractivity contribution in [3.05, 3.63) is 70.7 Å². The van der Waals surface area contributed by atoms with Gasteiger partial charge in [0.2, 0.25) is 0 Å². The summed E-state index contributed by atoms with van der Waals surface area (Å²) in [4.78, 5) is 28.5. The maximum atomic E-state index is 12.6. The van der Waals surface area contributed by atoms with Gasteiger partial charge in [0.15, 0.2) is 0 Å². The van der Waals surface area contributed by atoms with Crippen molar-refractivity contribution >= 4 is 34.7 Å². The van der Waals surface area contributed by atoms with E-state index in [1.807, 2.05) is 5.38 Å². The number of ether oxygens (including phenoxy) is 3. The van der Waals surface area contributed by atoms with Gasteiger partial charge in [0, 0.05) is 29.4 Å². The highest BCUT2D eigenvalue weighted by atomic mass is 32.1. The van der Waals surface area contributed by atoms with E-state index in [0.29, 0.717) is 35.9 Å². The number of carbonyl (C=O) groups excluding carboxylic acids is 2. The molecule has 3 rings (SSSR count). The monoisotopic (exact) mass is 427 g/mol. The number of anilines is 2. The first-order chi connectivity index (χ1) is 14.6. The first-order valence-corrected chi connectivity index (χ1v) is 10.0. The molecule has 0 atom stereocenters. The van der Waals surface area contributed by atoms with Gasteiger partial charge in [0.05, 0.1) is 17.8 Å². The van der Waals surface area contributed by atoms with E-state index in [2.05, 4.69) is 15.6 Å². The van der Waals surface area contributed by atoms with Gasteiger partial charge in [-0.15, -0.1) is 11.3 Å². The van der Waals surface area contributed by atoms with Crippen LogP contribution < -0.4 is 15.4 Å². The third-order valence-corrected chi connectivity index (χ3v) is 4.49. The minimum absolute atomic E-state index is 0.152. The Hall–Kier alpha value is -3.43. The number of benzene rings is 2. The van der Waals surface area contributed by atoms with Crippen LogP contribution in [0.4, 0.5) is 16.2 Å². The number of nitrogens with one attached hydrogen (secondary N) is 2. The van der Waals surface area contributed by atoms with E-state index < -0.39 is 6.09 Å². The lowest BCUT2D eigenvalue weighted by Crippen LogP contribution is -2.17. The highest BCUT2D eigenvalue weighted by Crippen LogP contribution is 2.19. The molecular formula is C21H21N3O5S. The molecule has 1 aromatic heterocycles. The predicted molar refractivity (Wildman–Crippen MR) is 114 cm³/mol. The lowest BCUT2D eigenvalue weighted by molar-refractivity contribution is 0.102. The van der Waals surface area contributed by atoms with E-state index >= 15 is 0 Å². The van der Waals surface area contributed by atoms with E-state index in [4.69, 9.17) is 14.2 Å². The molecule has 0 unspecified atom stereocenters. The quantitative estimate of drug-likeness (QED) is 0.497. The molecule has 2 aromatic carbocycles. The zero-order chi connectivity index (χ0) is 21.2. The fourth-order valence-corrected chi connectivity index (χ4v) is 2.99. The second kappa shape index (κ2) is 10.9. The molecular weight excluding hydrogens is 406 g/mol. The first kappa shape index (κ1) is 21.3. The van der Waals surface area contributed by atoms with Crippen LogP contribution in [0.5, 0.6) is 5.75 Å². The fraction of sp³-hybridized carbons (Fsp3) is 0.190. The number of amides is 2. The third kappa shape index (κ3) is 6.57. The molecule has 3 aromatic rings. The molecule has 0 bridgehead atoms. The van der Waals surface area contributed by atoms with Crippen LogP contribution in [-0.2, 0) is 16.1 Å². The highest BCUT2D eigenvalue weighted by Gasteiger charge is 2.09. The van der Waals surface area contributed by atoms with E-state index in [0.717, 1.165) is 5.69 Å². The number of hydrogen-bond acceptors (Lipinski definition) is 7. The normalized spacial score (nSPS) is 10.3. The number of methoxy groups -OCH3 is 1. The molecule has 0 aliphatic carbocycles. The maximum absolute atomic E-state index is 12.6. The molecule has 0 spiro atoms.